The summed E-state index contributed by atoms with van der Waals surface area (Å²) in [6, 6.07) is 0.320. The molecule has 5 heteroatoms. The molecular formula is C12H23N3OS. The molecule has 0 aliphatic carbocycles. The van der Waals surface area contributed by atoms with E-state index in [1.807, 2.05) is 25.9 Å². The number of amides is 1. The molecule has 1 saturated heterocycles. The molecule has 2 atom stereocenters. The second-order valence-electron chi connectivity index (χ2n) is 4.95. The molecular weight excluding hydrogens is 234 g/mol. The number of nitrogens with two attached hydrogens (primary N) is 1. The minimum atomic E-state index is -0.284. The molecule has 98 valence electrons. The van der Waals surface area contributed by atoms with E-state index in [4.69, 9.17) is 18.0 Å². The van der Waals surface area contributed by atoms with Crippen LogP contribution in [-0.2, 0) is 4.79 Å². The zero-order chi connectivity index (χ0) is 13.0. The van der Waals surface area contributed by atoms with Gasteiger partial charge in [0.2, 0.25) is 5.91 Å². The van der Waals surface area contributed by atoms with E-state index in [2.05, 4.69) is 4.90 Å². The average molecular weight is 257 g/mol. The molecule has 1 heterocycles. The second-order valence-corrected chi connectivity index (χ2v) is 5.42. The zero-order valence-corrected chi connectivity index (χ0v) is 11.8. The maximum absolute atomic E-state index is 12.3. The molecule has 1 aliphatic heterocycles. The Morgan fingerprint density at radius 1 is 1.59 bits per heavy atom. The number of thiocarbonyl (C=S) groups is 1. The Morgan fingerprint density at radius 3 is 2.71 bits per heavy atom. The van der Waals surface area contributed by atoms with Gasteiger partial charge in [0.15, 0.2) is 0 Å². The SMILES string of the molecule is CCC(C(=O)N1CCCC1CN(C)C)C(N)=S. The molecule has 0 aromatic rings. The van der Waals surface area contributed by atoms with Crippen LogP contribution in [0, 0.1) is 5.92 Å². The van der Waals surface area contributed by atoms with Crippen LogP contribution < -0.4 is 5.73 Å². The van der Waals surface area contributed by atoms with Crippen LogP contribution in [0.15, 0.2) is 0 Å². The van der Waals surface area contributed by atoms with Gasteiger partial charge in [-0.1, -0.05) is 19.1 Å². The van der Waals surface area contributed by atoms with E-state index < -0.39 is 0 Å². The van der Waals surface area contributed by atoms with Crippen molar-refractivity contribution in [3.05, 3.63) is 0 Å². The van der Waals surface area contributed by atoms with Gasteiger partial charge in [0.25, 0.3) is 0 Å². The Kier molecular flexibility index (Phi) is 5.33. The molecule has 17 heavy (non-hydrogen) atoms. The van der Waals surface area contributed by atoms with E-state index in [1.54, 1.807) is 0 Å². The maximum Gasteiger partial charge on any atom is 0.232 e. The largest absolute Gasteiger partial charge is 0.393 e. The van der Waals surface area contributed by atoms with Gasteiger partial charge in [-0.25, -0.2) is 0 Å². The van der Waals surface area contributed by atoms with Crippen molar-refractivity contribution in [1.29, 1.82) is 0 Å². The first-order valence-electron chi connectivity index (χ1n) is 6.21. The fourth-order valence-corrected chi connectivity index (χ4v) is 2.70. The summed E-state index contributed by atoms with van der Waals surface area (Å²) < 4.78 is 0. The number of likely N-dealkylation sites (tertiary alicyclic amines) is 1. The molecule has 0 radical (unpaired) electrons. The lowest BCUT2D eigenvalue weighted by Gasteiger charge is -2.29. The third kappa shape index (κ3) is 3.64. The van der Waals surface area contributed by atoms with Crippen molar-refractivity contribution in [1.82, 2.24) is 9.80 Å². The van der Waals surface area contributed by atoms with Crippen molar-refractivity contribution in [2.45, 2.75) is 32.2 Å². The van der Waals surface area contributed by atoms with E-state index in [1.165, 1.54) is 0 Å². The van der Waals surface area contributed by atoms with Crippen LogP contribution >= 0.6 is 12.2 Å². The van der Waals surface area contributed by atoms with Gasteiger partial charge in [0.1, 0.15) is 0 Å². The van der Waals surface area contributed by atoms with Crippen molar-refractivity contribution < 1.29 is 4.79 Å². The smallest absolute Gasteiger partial charge is 0.232 e. The van der Waals surface area contributed by atoms with Gasteiger partial charge in [-0.3, -0.25) is 4.79 Å². The molecule has 1 fully saturated rings. The zero-order valence-electron chi connectivity index (χ0n) is 11.0. The molecule has 0 aromatic carbocycles. The highest BCUT2D eigenvalue weighted by atomic mass is 32.1. The average Bonchev–Trinajstić information content (AvgIpc) is 2.65. The molecule has 4 nitrogen and oxygen atoms in total. The van der Waals surface area contributed by atoms with Crippen molar-refractivity contribution in [2.24, 2.45) is 11.7 Å². The van der Waals surface area contributed by atoms with Gasteiger partial charge in [0, 0.05) is 19.1 Å². The molecule has 2 N–H and O–H groups in total. The summed E-state index contributed by atoms with van der Waals surface area (Å²) in [5, 5.41) is 0. The van der Waals surface area contributed by atoms with Crippen LogP contribution in [0.5, 0.6) is 0 Å². The predicted octanol–water partition coefficient (Wildman–Crippen LogP) is 0.851. The quantitative estimate of drug-likeness (QED) is 0.742. The molecule has 2 unspecified atom stereocenters. The highest BCUT2D eigenvalue weighted by Crippen LogP contribution is 2.21. The van der Waals surface area contributed by atoms with Gasteiger partial charge in [-0.05, 0) is 33.4 Å². The molecule has 0 saturated carbocycles. The lowest BCUT2D eigenvalue weighted by Crippen LogP contribution is -2.46. The normalized spacial score (nSPS) is 21.9. The summed E-state index contributed by atoms with van der Waals surface area (Å²) in [4.78, 5) is 16.8. The number of rotatable bonds is 5. The number of likely N-dealkylation sites (N-methyl/N-ethyl adjacent to an activating group) is 1. The van der Waals surface area contributed by atoms with Gasteiger partial charge >= 0.3 is 0 Å². The van der Waals surface area contributed by atoms with Crippen LogP contribution in [-0.4, -0.2) is 53.9 Å². The first-order chi connectivity index (χ1) is 7.97. The summed E-state index contributed by atoms with van der Waals surface area (Å²) in [6.45, 7) is 3.72. The van der Waals surface area contributed by atoms with Crippen molar-refractivity contribution in [3.63, 3.8) is 0 Å². The minimum absolute atomic E-state index is 0.115. The van der Waals surface area contributed by atoms with Crippen LogP contribution in [0.3, 0.4) is 0 Å². The Balaban J connectivity index is 2.69. The van der Waals surface area contributed by atoms with Gasteiger partial charge in [-0.15, -0.1) is 0 Å². The highest BCUT2D eigenvalue weighted by Gasteiger charge is 2.33. The molecule has 1 aliphatic rings. The van der Waals surface area contributed by atoms with E-state index in [9.17, 15) is 4.79 Å². The highest BCUT2D eigenvalue weighted by molar-refractivity contribution is 7.80. The molecule has 0 spiro atoms. The van der Waals surface area contributed by atoms with Crippen LogP contribution in [0.1, 0.15) is 26.2 Å². The minimum Gasteiger partial charge on any atom is -0.393 e. The summed E-state index contributed by atoms with van der Waals surface area (Å²) in [7, 11) is 4.07. The fraction of sp³-hybridized carbons (Fsp3) is 0.833. The Labute approximate surface area is 109 Å². The number of carbonyl (C=O) groups excluding carboxylic acids is 1. The summed E-state index contributed by atoms with van der Waals surface area (Å²) >= 11 is 4.97. The van der Waals surface area contributed by atoms with Gasteiger partial charge in [0.05, 0.1) is 10.9 Å². The Bertz CT molecular complexity index is 293. The number of hydrogen-bond donors (Lipinski definition) is 1. The molecule has 1 amide bonds. The molecule has 0 bridgehead atoms. The van der Waals surface area contributed by atoms with Crippen LogP contribution in [0.4, 0.5) is 0 Å². The predicted molar refractivity (Wildman–Crippen MR) is 73.9 cm³/mol. The van der Waals surface area contributed by atoms with E-state index in [-0.39, 0.29) is 11.8 Å². The number of nitrogens with zero attached hydrogens (tertiary/aromatic N) is 2. The topological polar surface area (TPSA) is 49.6 Å². The maximum atomic E-state index is 12.3. The van der Waals surface area contributed by atoms with E-state index in [0.29, 0.717) is 17.5 Å². The van der Waals surface area contributed by atoms with Crippen molar-refractivity contribution >= 4 is 23.1 Å². The lowest BCUT2D eigenvalue weighted by molar-refractivity contribution is -0.134. The third-order valence-electron chi connectivity index (χ3n) is 3.29. The second kappa shape index (κ2) is 6.31. The third-order valence-corrected chi connectivity index (χ3v) is 3.57. The fourth-order valence-electron chi connectivity index (χ4n) is 2.43. The monoisotopic (exact) mass is 257 g/mol. The van der Waals surface area contributed by atoms with Crippen LogP contribution in [0.25, 0.3) is 0 Å². The summed E-state index contributed by atoms with van der Waals surface area (Å²) in [5.74, 6) is -0.169. The van der Waals surface area contributed by atoms with Crippen molar-refractivity contribution in [3.8, 4) is 0 Å². The number of hydrogen-bond acceptors (Lipinski definition) is 3. The van der Waals surface area contributed by atoms with Crippen LogP contribution in [0.2, 0.25) is 0 Å². The molecule has 0 aromatic heterocycles. The Morgan fingerprint density at radius 2 is 2.24 bits per heavy atom. The van der Waals surface area contributed by atoms with Gasteiger partial charge < -0.3 is 15.5 Å². The van der Waals surface area contributed by atoms with E-state index >= 15 is 0 Å². The standard InChI is InChI=1S/C12H23N3OS/c1-4-10(11(13)17)12(16)15-7-5-6-9(15)8-14(2)3/h9-10H,4-8H2,1-3H3,(H2,13,17). The Hall–Kier alpha value is -0.680. The first-order valence-corrected chi connectivity index (χ1v) is 6.62. The van der Waals surface area contributed by atoms with Gasteiger partial charge in [-0.2, -0.15) is 0 Å². The number of carbonyl (C=O) groups is 1. The van der Waals surface area contributed by atoms with E-state index in [0.717, 1.165) is 25.9 Å². The van der Waals surface area contributed by atoms with Crippen molar-refractivity contribution in [2.75, 3.05) is 27.2 Å². The summed E-state index contributed by atoms with van der Waals surface area (Å²) in [5.41, 5.74) is 5.64. The lowest BCUT2D eigenvalue weighted by atomic mass is 10.0. The summed E-state index contributed by atoms with van der Waals surface area (Å²) in [6.07, 6.45) is 2.86. The molecule has 1 rings (SSSR count). The first kappa shape index (κ1) is 14.4.